The Morgan fingerprint density at radius 1 is 1.42 bits per heavy atom. The van der Waals surface area contributed by atoms with Gasteiger partial charge in [0.15, 0.2) is 5.96 Å². The van der Waals surface area contributed by atoms with E-state index in [2.05, 4.69) is 24.2 Å². The molecule has 0 heterocycles. The number of nitrogens with zero attached hydrogens (tertiary/aromatic N) is 1. The maximum absolute atomic E-state index is 13.4. The third-order valence-electron chi connectivity index (χ3n) is 2.73. The Morgan fingerprint density at radius 2 is 2.11 bits per heavy atom. The van der Waals surface area contributed by atoms with Gasteiger partial charge in [-0.1, -0.05) is 32.0 Å². The minimum absolute atomic E-state index is 0.0431. The van der Waals surface area contributed by atoms with Gasteiger partial charge in [-0.05, 0) is 18.4 Å². The molecule has 1 aromatic rings. The summed E-state index contributed by atoms with van der Waals surface area (Å²) in [6, 6.07) is 6.11. The van der Waals surface area contributed by atoms with Crippen molar-refractivity contribution in [2.45, 2.75) is 26.4 Å². The van der Waals surface area contributed by atoms with Gasteiger partial charge in [0.1, 0.15) is 11.9 Å². The minimum Gasteiger partial charge on any atom is -0.386 e. The number of aliphatic hydroxyl groups is 1. The third-order valence-corrected chi connectivity index (χ3v) is 2.73. The molecule has 1 atom stereocenters. The molecule has 0 aliphatic carbocycles. The highest BCUT2D eigenvalue weighted by Gasteiger charge is 2.11. The molecule has 0 unspecified atom stereocenters. The molecular weight excluding hydrogens is 245 g/mol. The van der Waals surface area contributed by atoms with E-state index in [4.69, 9.17) is 5.73 Å². The molecule has 0 amide bonds. The zero-order chi connectivity index (χ0) is 14.3. The van der Waals surface area contributed by atoms with Crippen molar-refractivity contribution in [2.24, 2.45) is 16.6 Å². The largest absolute Gasteiger partial charge is 0.386 e. The van der Waals surface area contributed by atoms with Crippen LogP contribution in [0.5, 0.6) is 0 Å². The van der Waals surface area contributed by atoms with Crippen LogP contribution in [0.15, 0.2) is 29.3 Å². The first kappa shape index (κ1) is 15.4. The molecule has 0 saturated heterocycles. The molecule has 0 aliphatic rings. The van der Waals surface area contributed by atoms with E-state index in [1.165, 1.54) is 12.1 Å². The zero-order valence-corrected chi connectivity index (χ0v) is 11.4. The van der Waals surface area contributed by atoms with E-state index < -0.39 is 11.9 Å². The van der Waals surface area contributed by atoms with Crippen LogP contribution in [0, 0.1) is 11.7 Å². The lowest BCUT2D eigenvalue weighted by Crippen LogP contribution is -2.33. The summed E-state index contributed by atoms with van der Waals surface area (Å²) in [4.78, 5) is 4.01. The standard InChI is InChI=1S/C14H22FN3O/c1-10(2)7-8-17-14(16)18-9-13(19)11-5-3-4-6-12(11)15/h3-6,10,13,19H,7-9H2,1-2H3,(H3,16,17,18)/t13-/m1/s1. The molecule has 0 aliphatic heterocycles. The van der Waals surface area contributed by atoms with Gasteiger partial charge in [0.05, 0.1) is 6.54 Å². The van der Waals surface area contributed by atoms with Crippen LogP contribution in [0.4, 0.5) is 4.39 Å². The summed E-state index contributed by atoms with van der Waals surface area (Å²) in [5.41, 5.74) is 5.90. The van der Waals surface area contributed by atoms with Crippen LogP contribution in [0.3, 0.4) is 0 Å². The number of aliphatic hydroxyl groups excluding tert-OH is 1. The molecule has 0 radical (unpaired) electrons. The van der Waals surface area contributed by atoms with E-state index in [0.717, 1.165) is 13.0 Å². The number of benzene rings is 1. The van der Waals surface area contributed by atoms with E-state index in [0.29, 0.717) is 5.92 Å². The van der Waals surface area contributed by atoms with Crippen molar-refractivity contribution >= 4 is 5.96 Å². The normalized spacial score (nSPS) is 13.6. The smallest absolute Gasteiger partial charge is 0.188 e. The second kappa shape index (κ2) is 7.74. The lowest BCUT2D eigenvalue weighted by Gasteiger charge is -2.11. The van der Waals surface area contributed by atoms with Crippen LogP contribution in [0.25, 0.3) is 0 Å². The van der Waals surface area contributed by atoms with Gasteiger partial charge < -0.3 is 16.2 Å². The summed E-state index contributed by atoms with van der Waals surface area (Å²) >= 11 is 0. The summed E-state index contributed by atoms with van der Waals surface area (Å²) in [5, 5.41) is 12.8. The molecule has 0 fully saturated rings. The zero-order valence-electron chi connectivity index (χ0n) is 11.4. The van der Waals surface area contributed by atoms with Crippen molar-refractivity contribution in [1.29, 1.82) is 0 Å². The molecule has 0 spiro atoms. The van der Waals surface area contributed by atoms with Gasteiger partial charge in [0, 0.05) is 12.1 Å². The summed E-state index contributed by atoms with van der Waals surface area (Å²) in [5.74, 6) is 0.428. The van der Waals surface area contributed by atoms with Gasteiger partial charge in [0.25, 0.3) is 0 Å². The van der Waals surface area contributed by atoms with Crippen molar-refractivity contribution in [2.75, 3.05) is 13.1 Å². The number of hydrogen-bond donors (Lipinski definition) is 3. The second-order valence-corrected chi connectivity index (χ2v) is 4.87. The van der Waals surface area contributed by atoms with E-state index in [1.54, 1.807) is 12.1 Å². The molecule has 1 aromatic carbocycles. The van der Waals surface area contributed by atoms with E-state index >= 15 is 0 Å². The van der Waals surface area contributed by atoms with E-state index in [9.17, 15) is 9.50 Å². The van der Waals surface area contributed by atoms with Crippen LogP contribution in [0.1, 0.15) is 31.9 Å². The van der Waals surface area contributed by atoms with Crippen LogP contribution < -0.4 is 11.1 Å². The van der Waals surface area contributed by atoms with Gasteiger partial charge in [0.2, 0.25) is 0 Å². The van der Waals surface area contributed by atoms with Gasteiger partial charge >= 0.3 is 0 Å². The predicted molar refractivity (Wildman–Crippen MR) is 75.3 cm³/mol. The van der Waals surface area contributed by atoms with Gasteiger partial charge in [-0.2, -0.15) is 0 Å². The summed E-state index contributed by atoms with van der Waals surface area (Å²) < 4.78 is 13.4. The second-order valence-electron chi connectivity index (χ2n) is 4.87. The Hall–Kier alpha value is -1.62. The number of rotatable bonds is 6. The van der Waals surface area contributed by atoms with E-state index in [-0.39, 0.29) is 18.1 Å². The van der Waals surface area contributed by atoms with Crippen LogP contribution in [-0.4, -0.2) is 24.2 Å². The monoisotopic (exact) mass is 267 g/mol. The highest BCUT2D eigenvalue weighted by Crippen LogP contribution is 2.16. The van der Waals surface area contributed by atoms with Crippen molar-refractivity contribution in [1.82, 2.24) is 5.32 Å². The first-order valence-corrected chi connectivity index (χ1v) is 6.47. The van der Waals surface area contributed by atoms with Crippen LogP contribution in [0.2, 0.25) is 0 Å². The average molecular weight is 267 g/mol. The molecule has 0 saturated carbocycles. The topological polar surface area (TPSA) is 70.6 Å². The number of halogens is 1. The Balaban J connectivity index is 2.44. The number of aliphatic imine (C=N–C) groups is 1. The summed E-state index contributed by atoms with van der Waals surface area (Å²) in [7, 11) is 0. The minimum atomic E-state index is -0.980. The maximum atomic E-state index is 13.4. The molecule has 5 heteroatoms. The molecular formula is C14H22FN3O. The third kappa shape index (κ3) is 5.70. The molecule has 106 valence electrons. The van der Waals surface area contributed by atoms with Crippen molar-refractivity contribution in [3.8, 4) is 0 Å². The first-order valence-electron chi connectivity index (χ1n) is 6.47. The Bertz CT molecular complexity index is 421. The maximum Gasteiger partial charge on any atom is 0.188 e. The highest BCUT2D eigenvalue weighted by atomic mass is 19.1. The fourth-order valence-electron chi connectivity index (χ4n) is 1.57. The van der Waals surface area contributed by atoms with Crippen molar-refractivity contribution < 1.29 is 9.50 Å². The van der Waals surface area contributed by atoms with Gasteiger partial charge in [-0.3, -0.25) is 4.99 Å². The molecule has 0 aromatic heterocycles. The molecule has 0 bridgehead atoms. The lowest BCUT2D eigenvalue weighted by molar-refractivity contribution is 0.182. The van der Waals surface area contributed by atoms with Crippen molar-refractivity contribution in [3.63, 3.8) is 0 Å². The quantitative estimate of drug-likeness (QED) is 0.544. The Labute approximate surface area is 113 Å². The van der Waals surface area contributed by atoms with Crippen LogP contribution >= 0.6 is 0 Å². The molecule has 4 N–H and O–H groups in total. The van der Waals surface area contributed by atoms with Crippen LogP contribution in [-0.2, 0) is 0 Å². The molecule has 4 nitrogen and oxygen atoms in total. The summed E-state index contributed by atoms with van der Waals surface area (Å²) in [6.45, 7) is 5.03. The van der Waals surface area contributed by atoms with Gasteiger partial charge in [-0.15, -0.1) is 0 Å². The molecule has 19 heavy (non-hydrogen) atoms. The first-order chi connectivity index (χ1) is 9.00. The summed E-state index contributed by atoms with van der Waals surface area (Å²) in [6.07, 6.45) is 0.0122. The SMILES string of the molecule is CC(C)CCNC(N)=NC[C@@H](O)c1ccccc1F. The fourth-order valence-corrected chi connectivity index (χ4v) is 1.57. The number of nitrogens with two attached hydrogens (primary N) is 1. The number of guanidine groups is 1. The number of nitrogens with one attached hydrogen (secondary N) is 1. The number of hydrogen-bond acceptors (Lipinski definition) is 2. The highest BCUT2D eigenvalue weighted by molar-refractivity contribution is 5.77. The Morgan fingerprint density at radius 3 is 2.74 bits per heavy atom. The predicted octanol–water partition coefficient (Wildman–Crippen LogP) is 1.81. The Kier molecular flexibility index (Phi) is 6.29. The van der Waals surface area contributed by atoms with Crippen molar-refractivity contribution in [3.05, 3.63) is 35.6 Å². The lowest BCUT2D eigenvalue weighted by atomic mass is 10.1. The van der Waals surface area contributed by atoms with E-state index in [1.807, 2.05) is 0 Å². The average Bonchev–Trinajstić information content (AvgIpc) is 2.36. The fraction of sp³-hybridized carbons (Fsp3) is 0.500. The molecule has 1 rings (SSSR count). The van der Waals surface area contributed by atoms with Gasteiger partial charge in [-0.25, -0.2) is 4.39 Å².